The van der Waals surface area contributed by atoms with Crippen LogP contribution in [0.1, 0.15) is 29.8 Å². The highest BCUT2D eigenvalue weighted by molar-refractivity contribution is 7.89. The van der Waals surface area contributed by atoms with E-state index < -0.39 is 10.0 Å². The lowest BCUT2D eigenvalue weighted by Gasteiger charge is -2.10. The summed E-state index contributed by atoms with van der Waals surface area (Å²) in [6.07, 6.45) is 0.664. The number of nitrogens with one attached hydrogen (secondary N) is 2. The minimum Gasteiger partial charge on any atom is -0.352 e. The standard InChI is InChI=1S/C18H21ClN2O3S/c1-13(2)21-25(23,24)17-8-6-15(7-9-17)18(22)20-11-10-14-4-3-5-16(19)12-14/h3-9,12-13,21H,10-11H2,1-2H3,(H,20,22). The number of amides is 1. The third kappa shape index (κ3) is 5.85. The van der Waals surface area contributed by atoms with Crippen LogP contribution in [-0.2, 0) is 16.4 Å². The van der Waals surface area contributed by atoms with Gasteiger partial charge in [-0.15, -0.1) is 0 Å². The van der Waals surface area contributed by atoms with Crippen molar-refractivity contribution in [2.24, 2.45) is 0 Å². The molecule has 134 valence electrons. The molecule has 0 unspecified atom stereocenters. The first-order chi connectivity index (χ1) is 11.8. The molecular formula is C18H21ClN2O3S. The zero-order chi connectivity index (χ0) is 18.4. The van der Waals surface area contributed by atoms with Crippen LogP contribution in [0.25, 0.3) is 0 Å². The molecule has 2 aromatic rings. The Hall–Kier alpha value is -1.89. The van der Waals surface area contributed by atoms with Gasteiger partial charge in [-0.25, -0.2) is 13.1 Å². The van der Waals surface area contributed by atoms with E-state index in [0.717, 1.165) is 5.56 Å². The molecule has 0 radical (unpaired) electrons. The summed E-state index contributed by atoms with van der Waals surface area (Å²) < 4.78 is 26.6. The van der Waals surface area contributed by atoms with E-state index in [1.165, 1.54) is 24.3 Å². The summed E-state index contributed by atoms with van der Waals surface area (Å²) in [5.74, 6) is -0.247. The predicted octanol–water partition coefficient (Wildman–Crippen LogP) is 3.00. The van der Waals surface area contributed by atoms with Crippen molar-refractivity contribution in [2.75, 3.05) is 6.54 Å². The number of rotatable bonds is 7. The molecule has 0 fully saturated rings. The normalized spacial score (nSPS) is 11.5. The van der Waals surface area contributed by atoms with E-state index in [9.17, 15) is 13.2 Å². The van der Waals surface area contributed by atoms with E-state index in [0.29, 0.717) is 23.6 Å². The summed E-state index contributed by atoms with van der Waals surface area (Å²) in [6, 6.07) is 13.1. The van der Waals surface area contributed by atoms with E-state index in [1.807, 2.05) is 18.2 Å². The summed E-state index contributed by atoms with van der Waals surface area (Å²) in [5, 5.41) is 3.47. The summed E-state index contributed by atoms with van der Waals surface area (Å²) in [4.78, 5) is 12.3. The average Bonchev–Trinajstić information content (AvgIpc) is 2.54. The molecule has 2 rings (SSSR count). The maximum absolute atomic E-state index is 12.1. The van der Waals surface area contributed by atoms with Gasteiger partial charge >= 0.3 is 0 Å². The number of halogens is 1. The zero-order valence-electron chi connectivity index (χ0n) is 14.1. The monoisotopic (exact) mass is 380 g/mol. The van der Waals surface area contributed by atoms with Crippen molar-refractivity contribution in [3.05, 3.63) is 64.7 Å². The molecule has 0 aliphatic carbocycles. The maximum atomic E-state index is 12.1. The van der Waals surface area contributed by atoms with Crippen LogP contribution in [0, 0.1) is 0 Å². The van der Waals surface area contributed by atoms with Gasteiger partial charge in [0.25, 0.3) is 5.91 Å². The summed E-state index contributed by atoms with van der Waals surface area (Å²) in [6.45, 7) is 3.96. The second-order valence-corrected chi connectivity index (χ2v) is 8.09. The van der Waals surface area contributed by atoms with Gasteiger partial charge in [0, 0.05) is 23.2 Å². The van der Waals surface area contributed by atoms with Gasteiger partial charge in [0.2, 0.25) is 10.0 Å². The van der Waals surface area contributed by atoms with E-state index in [4.69, 9.17) is 11.6 Å². The second-order valence-electron chi connectivity index (χ2n) is 5.94. The first-order valence-corrected chi connectivity index (χ1v) is 9.79. The van der Waals surface area contributed by atoms with Crippen molar-refractivity contribution in [1.29, 1.82) is 0 Å². The van der Waals surface area contributed by atoms with Crippen LogP contribution >= 0.6 is 11.6 Å². The van der Waals surface area contributed by atoms with E-state index >= 15 is 0 Å². The van der Waals surface area contributed by atoms with Crippen LogP contribution in [-0.4, -0.2) is 26.9 Å². The highest BCUT2D eigenvalue weighted by atomic mass is 35.5. The molecule has 0 aromatic heterocycles. The molecular weight excluding hydrogens is 360 g/mol. The van der Waals surface area contributed by atoms with Gasteiger partial charge in [-0.1, -0.05) is 23.7 Å². The molecule has 5 nitrogen and oxygen atoms in total. The summed E-state index contributed by atoms with van der Waals surface area (Å²) >= 11 is 5.92. The SMILES string of the molecule is CC(C)NS(=O)(=O)c1ccc(C(=O)NCCc2cccc(Cl)c2)cc1. The fourth-order valence-corrected chi connectivity index (χ4v) is 3.74. The minimum atomic E-state index is -3.55. The largest absolute Gasteiger partial charge is 0.352 e. The molecule has 25 heavy (non-hydrogen) atoms. The van der Waals surface area contributed by atoms with Crippen LogP contribution in [0.5, 0.6) is 0 Å². The third-order valence-electron chi connectivity index (χ3n) is 3.41. The molecule has 0 atom stereocenters. The molecule has 1 amide bonds. The Bertz CT molecular complexity index is 834. The van der Waals surface area contributed by atoms with Crippen molar-refractivity contribution < 1.29 is 13.2 Å². The Morgan fingerprint density at radius 2 is 1.80 bits per heavy atom. The Balaban J connectivity index is 1.94. The fraction of sp³-hybridized carbons (Fsp3) is 0.278. The minimum absolute atomic E-state index is 0.136. The number of carbonyl (C=O) groups is 1. The zero-order valence-corrected chi connectivity index (χ0v) is 15.7. The smallest absolute Gasteiger partial charge is 0.251 e. The molecule has 2 aromatic carbocycles. The summed E-state index contributed by atoms with van der Waals surface area (Å²) in [5.41, 5.74) is 1.45. The summed E-state index contributed by atoms with van der Waals surface area (Å²) in [7, 11) is -3.55. The Morgan fingerprint density at radius 1 is 1.12 bits per heavy atom. The van der Waals surface area contributed by atoms with Gasteiger partial charge in [0.05, 0.1) is 4.90 Å². The maximum Gasteiger partial charge on any atom is 0.251 e. The van der Waals surface area contributed by atoms with Crippen molar-refractivity contribution in [3.63, 3.8) is 0 Å². The average molecular weight is 381 g/mol. The van der Waals surface area contributed by atoms with Crippen LogP contribution < -0.4 is 10.0 Å². The highest BCUT2D eigenvalue weighted by Gasteiger charge is 2.15. The molecule has 0 saturated carbocycles. The Labute approximate surface area is 153 Å². The van der Waals surface area contributed by atoms with Crippen molar-refractivity contribution >= 4 is 27.5 Å². The topological polar surface area (TPSA) is 75.3 Å². The third-order valence-corrected chi connectivity index (χ3v) is 5.32. The Kier molecular flexibility index (Phi) is 6.58. The number of hydrogen-bond acceptors (Lipinski definition) is 3. The van der Waals surface area contributed by atoms with Crippen LogP contribution in [0.3, 0.4) is 0 Å². The van der Waals surface area contributed by atoms with Gasteiger partial charge < -0.3 is 5.32 Å². The molecule has 0 bridgehead atoms. The lowest BCUT2D eigenvalue weighted by atomic mass is 10.1. The lowest BCUT2D eigenvalue weighted by molar-refractivity contribution is 0.0954. The molecule has 2 N–H and O–H groups in total. The van der Waals surface area contributed by atoms with Crippen molar-refractivity contribution in [3.8, 4) is 0 Å². The van der Waals surface area contributed by atoms with Gasteiger partial charge in [0.1, 0.15) is 0 Å². The quantitative estimate of drug-likeness (QED) is 0.775. The molecule has 7 heteroatoms. The first kappa shape index (κ1) is 19.4. The highest BCUT2D eigenvalue weighted by Crippen LogP contribution is 2.12. The van der Waals surface area contributed by atoms with Gasteiger partial charge in [0.15, 0.2) is 0 Å². The molecule has 0 aliphatic rings. The van der Waals surface area contributed by atoms with E-state index in [1.54, 1.807) is 19.9 Å². The van der Waals surface area contributed by atoms with Crippen LogP contribution in [0.2, 0.25) is 5.02 Å². The number of hydrogen-bond donors (Lipinski definition) is 2. The fourth-order valence-electron chi connectivity index (χ4n) is 2.28. The number of carbonyl (C=O) groups excluding carboxylic acids is 1. The van der Waals surface area contributed by atoms with E-state index in [2.05, 4.69) is 10.0 Å². The van der Waals surface area contributed by atoms with Gasteiger partial charge in [-0.05, 0) is 62.2 Å². The first-order valence-electron chi connectivity index (χ1n) is 7.93. The van der Waals surface area contributed by atoms with Crippen LogP contribution in [0.15, 0.2) is 53.4 Å². The Morgan fingerprint density at radius 3 is 2.40 bits per heavy atom. The van der Waals surface area contributed by atoms with Crippen molar-refractivity contribution in [2.45, 2.75) is 31.2 Å². The van der Waals surface area contributed by atoms with Gasteiger partial charge in [-0.3, -0.25) is 4.79 Å². The van der Waals surface area contributed by atoms with Crippen LogP contribution in [0.4, 0.5) is 0 Å². The van der Waals surface area contributed by atoms with Crippen molar-refractivity contribution in [1.82, 2.24) is 10.0 Å². The lowest BCUT2D eigenvalue weighted by Crippen LogP contribution is -2.30. The molecule has 0 heterocycles. The number of benzene rings is 2. The molecule has 0 aliphatic heterocycles. The molecule has 0 saturated heterocycles. The number of sulfonamides is 1. The molecule has 0 spiro atoms. The van der Waals surface area contributed by atoms with E-state index in [-0.39, 0.29) is 16.8 Å². The second kappa shape index (κ2) is 8.47. The predicted molar refractivity (Wildman–Crippen MR) is 99.4 cm³/mol. The van der Waals surface area contributed by atoms with Gasteiger partial charge in [-0.2, -0.15) is 0 Å².